The summed E-state index contributed by atoms with van der Waals surface area (Å²) in [6.45, 7) is 6.58. The Morgan fingerprint density at radius 3 is 2.69 bits per heavy atom. The average molecular weight is 226 g/mol. The number of carbonyl (C=O) groups excluding carboxylic acids is 1. The van der Waals surface area contributed by atoms with Crippen LogP contribution in [-0.4, -0.2) is 50.8 Å². The Labute approximate surface area is 94.7 Å². The van der Waals surface area contributed by atoms with Gasteiger partial charge in [0.15, 0.2) is 0 Å². The lowest BCUT2D eigenvalue weighted by molar-refractivity contribution is 0.0720. The molecule has 90 valence electrons. The highest BCUT2D eigenvalue weighted by Gasteiger charge is 2.19. The zero-order chi connectivity index (χ0) is 12.1. The predicted molar refractivity (Wildman–Crippen MR) is 59.1 cm³/mol. The maximum absolute atomic E-state index is 11.9. The molecule has 0 aliphatic rings. The van der Waals surface area contributed by atoms with E-state index in [-0.39, 0.29) is 24.3 Å². The van der Waals surface area contributed by atoms with Gasteiger partial charge in [-0.05, 0) is 6.92 Å². The number of aliphatic hydroxyl groups excluding tert-OH is 1. The minimum atomic E-state index is -0.250. The van der Waals surface area contributed by atoms with E-state index in [1.165, 1.54) is 4.90 Å². The summed E-state index contributed by atoms with van der Waals surface area (Å²) in [5.41, 5.74) is 0. The smallest absolute Gasteiger partial charge is 0.293 e. The molecule has 0 atom stereocenters. The van der Waals surface area contributed by atoms with Crippen LogP contribution in [0.4, 0.5) is 0 Å². The van der Waals surface area contributed by atoms with E-state index < -0.39 is 0 Å². The molecule has 0 saturated heterocycles. The van der Waals surface area contributed by atoms with E-state index in [2.05, 4.69) is 15.2 Å². The maximum atomic E-state index is 11.9. The van der Waals surface area contributed by atoms with E-state index in [1.807, 2.05) is 20.8 Å². The number of rotatable bonds is 5. The zero-order valence-electron chi connectivity index (χ0n) is 9.90. The van der Waals surface area contributed by atoms with E-state index in [0.29, 0.717) is 18.9 Å². The van der Waals surface area contributed by atoms with Gasteiger partial charge in [-0.2, -0.15) is 0 Å². The number of aliphatic hydroxyl groups is 1. The van der Waals surface area contributed by atoms with Crippen molar-refractivity contribution in [3.8, 4) is 0 Å². The van der Waals surface area contributed by atoms with Gasteiger partial charge in [0.2, 0.25) is 5.82 Å². The van der Waals surface area contributed by atoms with Crippen LogP contribution in [0.5, 0.6) is 0 Å². The molecule has 2 N–H and O–H groups in total. The van der Waals surface area contributed by atoms with Crippen LogP contribution < -0.4 is 0 Å². The van der Waals surface area contributed by atoms with E-state index >= 15 is 0 Å². The summed E-state index contributed by atoms with van der Waals surface area (Å²) in [6, 6.07) is 0. The summed E-state index contributed by atoms with van der Waals surface area (Å²) < 4.78 is 0. The van der Waals surface area contributed by atoms with Gasteiger partial charge in [-0.25, -0.2) is 4.98 Å². The number of nitrogens with zero attached hydrogens (tertiary/aromatic N) is 3. The van der Waals surface area contributed by atoms with Gasteiger partial charge in [0.25, 0.3) is 5.91 Å². The number of aromatic nitrogens is 3. The zero-order valence-corrected chi connectivity index (χ0v) is 9.90. The van der Waals surface area contributed by atoms with Crippen LogP contribution in [0.1, 0.15) is 43.1 Å². The van der Waals surface area contributed by atoms with Crippen LogP contribution in [0, 0.1) is 0 Å². The van der Waals surface area contributed by atoms with Crippen molar-refractivity contribution in [2.45, 2.75) is 26.7 Å². The van der Waals surface area contributed by atoms with Gasteiger partial charge >= 0.3 is 0 Å². The highest BCUT2D eigenvalue weighted by molar-refractivity contribution is 5.90. The number of carbonyl (C=O) groups is 1. The molecule has 0 aliphatic carbocycles. The van der Waals surface area contributed by atoms with Gasteiger partial charge in [-0.3, -0.25) is 9.89 Å². The highest BCUT2D eigenvalue weighted by atomic mass is 16.3. The highest BCUT2D eigenvalue weighted by Crippen LogP contribution is 2.08. The number of H-pyrrole nitrogens is 1. The van der Waals surface area contributed by atoms with Crippen LogP contribution in [0.25, 0.3) is 0 Å². The van der Waals surface area contributed by atoms with Crippen molar-refractivity contribution in [1.82, 2.24) is 20.1 Å². The van der Waals surface area contributed by atoms with Crippen molar-refractivity contribution in [2.75, 3.05) is 19.7 Å². The molecule has 0 aliphatic heterocycles. The van der Waals surface area contributed by atoms with Crippen LogP contribution in [0.2, 0.25) is 0 Å². The molecule has 1 aromatic heterocycles. The van der Waals surface area contributed by atoms with Crippen molar-refractivity contribution < 1.29 is 9.90 Å². The quantitative estimate of drug-likeness (QED) is 0.760. The second-order valence-corrected chi connectivity index (χ2v) is 3.81. The molecule has 0 fully saturated rings. The minimum Gasteiger partial charge on any atom is -0.395 e. The Morgan fingerprint density at radius 1 is 1.56 bits per heavy atom. The normalized spacial score (nSPS) is 10.8. The second kappa shape index (κ2) is 5.60. The molecule has 6 heteroatoms. The van der Waals surface area contributed by atoms with Crippen molar-refractivity contribution in [2.24, 2.45) is 0 Å². The summed E-state index contributed by atoms with van der Waals surface area (Å²) in [5, 5.41) is 15.4. The first kappa shape index (κ1) is 12.6. The lowest BCUT2D eigenvalue weighted by Gasteiger charge is -2.17. The van der Waals surface area contributed by atoms with Crippen LogP contribution in [0.3, 0.4) is 0 Å². The molecule has 0 bridgehead atoms. The first-order valence-corrected chi connectivity index (χ1v) is 5.42. The van der Waals surface area contributed by atoms with Gasteiger partial charge < -0.3 is 10.0 Å². The summed E-state index contributed by atoms with van der Waals surface area (Å²) in [6.07, 6.45) is 0. The number of aromatic amines is 1. The predicted octanol–water partition coefficient (Wildman–Crippen LogP) is 0.382. The first-order valence-electron chi connectivity index (χ1n) is 5.42. The van der Waals surface area contributed by atoms with Crippen molar-refractivity contribution >= 4 is 5.91 Å². The molecule has 1 amide bonds. The molecule has 6 nitrogen and oxygen atoms in total. The average Bonchev–Trinajstić information content (AvgIpc) is 2.74. The fourth-order valence-corrected chi connectivity index (χ4v) is 1.29. The third-order valence-corrected chi connectivity index (χ3v) is 2.28. The van der Waals surface area contributed by atoms with Crippen LogP contribution >= 0.6 is 0 Å². The summed E-state index contributed by atoms with van der Waals surface area (Å²) >= 11 is 0. The van der Waals surface area contributed by atoms with E-state index in [9.17, 15) is 4.79 Å². The van der Waals surface area contributed by atoms with Crippen LogP contribution in [0.15, 0.2) is 0 Å². The Morgan fingerprint density at radius 2 is 2.25 bits per heavy atom. The maximum Gasteiger partial charge on any atom is 0.293 e. The van der Waals surface area contributed by atoms with Gasteiger partial charge in [-0.1, -0.05) is 13.8 Å². The lowest BCUT2D eigenvalue weighted by Crippen LogP contribution is -2.34. The largest absolute Gasteiger partial charge is 0.395 e. The number of hydrogen-bond acceptors (Lipinski definition) is 4. The lowest BCUT2D eigenvalue weighted by atomic mass is 10.2. The molecule has 1 rings (SSSR count). The van der Waals surface area contributed by atoms with Crippen molar-refractivity contribution in [1.29, 1.82) is 0 Å². The fourth-order valence-electron chi connectivity index (χ4n) is 1.29. The number of nitrogens with one attached hydrogen (secondary N) is 1. The third-order valence-electron chi connectivity index (χ3n) is 2.28. The molecule has 0 spiro atoms. The molecular weight excluding hydrogens is 208 g/mol. The molecule has 0 radical (unpaired) electrons. The summed E-state index contributed by atoms with van der Waals surface area (Å²) in [5.74, 6) is 0.823. The minimum absolute atomic E-state index is 0.0545. The molecule has 0 unspecified atom stereocenters. The van der Waals surface area contributed by atoms with E-state index in [4.69, 9.17) is 5.11 Å². The molecule has 1 heterocycles. The molecule has 0 aromatic carbocycles. The molecular formula is C10H18N4O2. The number of amides is 1. The number of likely N-dealkylation sites (N-methyl/N-ethyl adjacent to an activating group) is 1. The van der Waals surface area contributed by atoms with E-state index in [0.717, 1.165) is 0 Å². The SMILES string of the molecule is CCN(CCO)C(=O)c1n[nH]c(C(C)C)n1. The van der Waals surface area contributed by atoms with Gasteiger partial charge in [-0.15, -0.1) is 5.10 Å². The third kappa shape index (κ3) is 2.79. The van der Waals surface area contributed by atoms with Gasteiger partial charge in [0.05, 0.1) is 6.61 Å². The Hall–Kier alpha value is -1.43. The molecule has 1 aromatic rings. The topological polar surface area (TPSA) is 82.1 Å². The molecule has 16 heavy (non-hydrogen) atoms. The van der Waals surface area contributed by atoms with Gasteiger partial charge in [0.1, 0.15) is 5.82 Å². The van der Waals surface area contributed by atoms with Gasteiger partial charge in [0, 0.05) is 19.0 Å². The molecule has 0 saturated carbocycles. The van der Waals surface area contributed by atoms with Crippen molar-refractivity contribution in [3.05, 3.63) is 11.6 Å². The first-order chi connectivity index (χ1) is 7.60. The Bertz CT molecular complexity index is 348. The number of hydrogen-bond donors (Lipinski definition) is 2. The van der Waals surface area contributed by atoms with E-state index in [1.54, 1.807) is 0 Å². The Kier molecular flexibility index (Phi) is 4.42. The van der Waals surface area contributed by atoms with Crippen molar-refractivity contribution in [3.63, 3.8) is 0 Å². The second-order valence-electron chi connectivity index (χ2n) is 3.81. The fraction of sp³-hybridized carbons (Fsp3) is 0.700. The summed E-state index contributed by atoms with van der Waals surface area (Å²) in [4.78, 5) is 17.5. The standard InChI is InChI=1S/C10H18N4O2/c1-4-14(5-6-15)10(16)9-11-8(7(2)3)12-13-9/h7,15H,4-6H2,1-3H3,(H,11,12,13). The monoisotopic (exact) mass is 226 g/mol. The Balaban J connectivity index is 2.78. The van der Waals surface area contributed by atoms with Crippen LogP contribution in [-0.2, 0) is 0 Å². The summed E-state index contributed by atoms with van der Waals surface area (Å²) in [7, 11) is 0.